The molecular weight excluding hydrogens is 271 g/mol. The third-order valence-corrected chi connectivity index (χ3v) is 2.58. The molecule has 0 unspecified atom stereocenters. The Hall–Kier alpha value is -2.57. The van der Waals surface area contributed by atoms with Gasteiger partial charge in [0.25, 0.3) is 0 Å². The van der Waals surface area contributed by atoms with Crippen LogP contribution in [0.1, 0.15) is 5.56 Å². The number of halogens is 3. The molecule has 0 fully saturated rings. The highest BCUT2D eigenvalue weighted by molar-refractivity contribution is 5.93. The van der Waals surface area contributed by atoms with E-state index in [2.05, 4.69) is 10.3 Å². The molecule has 0 saturated heterocycles. The molecule has 0 bridgehead atoms. The summed E-state index contributed by atoms with van der Waals surface area (Å²) in [4.78, 5) is 14.8. The fraction of sp³-hybridized carbons (Fsp3) is 0.0769. The van der Waals surface area contributed by atoms with E-state index in [-0.39, 0.29) is 5.69 Å². The van der Waals surface area contributed by atoms with Gasteiger partial charge in [-0.25, -0.2) is 4.79 Å². The molecular formula is C13H10F3N3O. The Bertz CT molecular complexity index is 627. The number of rotatable bonds is 2. The maximum Gasteiger partial charge on any atom is 0.416 e. The van der Waals surface area contributed by atoms with Crippen molar-refractivity contribution in [2.45, 2.75) is 6.18 Å². The molecule has 1 heterocycles. The second kappa shape index (κ2) is 5.20. The van der Waals surface area contributed by atoms with Crippen LogP contribution in [0.25, 0.3) is 11.1 Å². The Morgan fingerprint density at radius 2 is 2.00 bits per heavy atom. The molecule has 0 aliphatic rings. The van der Waals surface area contributed by atoms with E-state index in [4.69, 9.17) is 5.73 Å². The number of benzene rings is 1. The van der Waals surface area contributed by atoms with Crippen LogP contribution in [0.3, 0.4) is 0 Å². The standard InChI is InChI=1S/C13H10F3N3O/c14-13(15,16)9-3-4-10(8-2-1-5-18-7-8)11(6-9)19-12(17)20/h1-7H,(H3,17,19,20). The summed E-state index contributed by atoms with van der Waals surface area (Å²) >= 11 is 0. The molecule has 0 spiro atoms. The molecule has 20 heavy (non-hydrogen) atoms. The molecule has 104 valence electrons. The smallest absolute Gasteiger partial charge is 0.351 e. The fourth-order valence-electron chi connectivity index (χ4n) is 1.73. The molecule has 2 rings (SSSR count). The first-order chi connectivity index (χ1) is 9.38. The van der Waals surface area contributed by atoms with Gasteiger partial charge >= 0.3 is 12.2 Å². The number of carbonyl (C=O) groups excluding carboxylic acids is 1. The first kappa shape index (κ1) is 13.9. The second-order valence-electron chi connectivity index (χ2n) is 3.99. The molecule has 0 atom stereocenters. The van der Waals surface area contributed by atoms with Crippen LogP contribution in [-0.4, -0.2) is 11.0 Å². The van der Waals surface area contributed by atoms with Crippen molar-refractivity contribution in [3.63, 3.8) is 0 Å². The highest BCUT2D eigenvalue weighted by Crippen LogP contribution is 2.35. The maximum absolute atomic E-state index is 12.7. The van der Waals surface area contributed by atoms with Gasteiger partial charge in [-0.05, 0) is 18.2 Å². The molecule has 0 radical (unpaired) electrons. The summed E-state index contributed by atoms with van der Waals surface area (Å²) in [5.41, 5.74) is 5.08. The normalized spacial score (nSPS) is 11.2. The highest BCUT2D eigenvalue weighted by atomic mass is 19.4. The number of aromatic nitrogens is 1. The second-order valence-corrected chi connectivity index (χ2v) is 3.99. The largest absolute Gasteiger partial charge is 0.416 e. The van der Waals surface area contributed by atoms with Crippen LogP contribution in [0, 0.1) is 0 Å². The highest BCUT2D eigenvalue weighted by Gasteiger charge is 2.31. The zero-order chi connectivity index (χ0) is 14.8. The number of carbonyl (C=O) groups is 1. The van der Waals surface area contributed by atoms with E-state index in [9.17, 15) is 18.0 Å². The number of primary amides is 1. The number of anilines is 1. The van der Waals surface area contributed by atoms with Crippen molar-refractivity contribution in [2.75, 3.05) is 5.32 Å². The predicted molar refractivity (Wildman–Crippen MR) is 67.9 cm³/mol. The summed E-state index contributed by atoms with van der Waals surface area (Å²) < 4.78 is 38.0. The Balaban J connectivity index is 2.54. The number of hydrogen-bond acceptors (Lipinski definition) is 2. The molecule has 3 N–H and O–H groups in total. The van der Waals surface area contributed by atoms with Crippen molar-refractivity contribution < 1.29 is 18.0 Å². The minimum atomic E-state index is -4.50. The van der Waals surface area contributed by atoms with Crippen LogP contribution in [0.15, 0.2) is 42.7 Å². The van der Waals surface area contributed by atoms with Gasteiger partial charge < -0.3 is 11.1 Å². The van der Waals surface area contributed by atoms with Crippen molar-refractivity contribution in [2.24, 2.45) is 5.73 Å². The minimum Gasteiger partial charge on any atom is -0.351 e. The fourth-order valence-corrected chi connectivity index (χ4v) is 1.73. The molecule has 0 saturated carbocycles. The topological polar surface area (TPSA) is 68.0 Å². The summed E-state index contributed by atoms with van der Waals surface area (Å²) in [6.45, 7) is 0. The Morgan fingerprint density at radius 1 is 1.25 bits per heavy atom. The van der Waals surface area contributed by atoms with Gasteiger partial charge in [0.15, 0.2) is 0 Å². The van der Waals surface area contributed by atoms with Gasteiger partial charge in [0.2, 0.25) is 0 Å². The van der Waals surface area contributed by atoms with Crippen LogP contribution in [0.5, 0.6) is 0 Å². The number of amides is 2. The first-order valence-corrected chi connectivity index (χ1v) is 5.56. The van der Waals surface area contributed by atoms with Gasteiger partial charge in [-0.15, -0.1) is 0 Å². The van der Waals surface area contributed by atoms with E-state index in [0.29, 0.717) is 11.1 Å². The molecule has 1 aromatic carbocycles. The van der Waals surface area contributed by atoms with E-state index in [1.54, 1.807) is 12.1 Å². The molecule has 4 nitrogen and oxygen atoms in total. The number of nitrogens with two attached hydrogens (primary N) is 1. The summed E-state index contributed by atoms with van der Waals surface area (Å²) in [6.07, 6.45) is -1.48. The summed E-state index contributed by atoms with van der Waals surface area (Å²) in [5, 5.41) is 2.20. The van der Waals surface area contributed by atoms with E-state index in [0.717, 1.165) is 12.1 Å². The first-order valence-electron chi connectivity index (χ1n) is 5.56. The zero-order valence-corrected chi connectivity index (χ0v) is 10.1. The van der Waals surface area contributed by atoms with Crippen LogP contribution in [0.2, 0.25) is 0 Å². The van der Waals surface area contributed by atoms with Crippen LogP contribution in [-0.2, 0) is 6.18 Å². The van der Waals surface area contributed by atoms with E-state index >= 15 is 0 Å². The lowest BCUT2D eigenvalue weighted by Gasteiger charge is -2.13. The summed E-state index contributed by atoms with van der Waals surface area (Å²) in [5.74, 6) is 0. The lowest BCUT2D eigenvalue weighted by atomic mass is 10.0. The lowest BCUT2D eigenvalue weighted by Crippen LogP contribution is -2.20. The Labute approximate surface area is 112 Å². The van der Waals surface area contributed by atoms with Crippen molar-refractivity contribution in [1.29, 1.82) is 0 Å². The minimum absolute atomic E-state index is 0.0136. The number of nitrogens with one attached hydrogen (secondary N) is 1. The molecule has 2 amide bonds. The quantitative estimate of drug-likeness (QED) is 0.887. The van der Waals surface area contributed by atoms with Crippen molar-refractivity contribution >= 4 is 11.7 Å². The molecule has 0 aliphatic heterocycles. The maximum atomic E-state index is 12.7. The summed E-state index contributed by atoms with van der Waals surface area (Å²) in [6, 6.07) is 5.42. The average molecular weight is 281 g/mol. The number of nitrogens with zero attached hydrogens (tertiary/aromatic N) is 1. The van der Waals surface area contributed by atoms with Gasteiger partial charge in [-0.1, -0.05) is 12.1 Å². The molecule has 7 heteroatoms. The van der Waals surface area contributed by atoms with Crippen LogP contribution < -0.4 is 11.1 Å². The third kappa shape index (κ3) is 3.05. The third-order valence-electron chi connectivity index (χ3n) is 2.58. The zero-order valence-electron chi connectivity index (χ0n) is 10.1. The lowest BCUT2D eigenvalue weighted by molar-refractivity contribution is -0.137. The van der Waals surface area contributed by atoms with Crippen LogP contribution in [0.4, 0.5) is 23.7 Å². The van der Waals surface area contributed by atoms with E-state index in [1.807, 2.05) is 0 Å². The number of hydrogen-bond donors (Lipinski definition) is 2. The SMILES string of the molecule is NC(=O)Nc1cc(C(F)(F)F)ccc1-c1cccnc1. The van der Waals surface area contributed by atoms with Gasteiger partial charge in [0, 0.05) is 23.5 Å². The number of pyridine rings is 1. The molecule has 1 aromatic heterocycles. The predicted octanol–water partition coefficient (Wildman–Crippen LogP) is 3.26. The van der Waals surface area contributed by atoms with Crippen LogP contribution >= 0.6 is 0 Å². The number of urea groups is 1. The Morgan fingerprint density at radius 3 is 2.55 bits per heavy atom. The van der Waals surface area contributed by atoms with Gasteiger partial charge in [0.1, 0.15) is 0 Å². The monoisotopic (exact) mass is 281 g/mol. The van der Waals surface area contributed by atoms with Gasteiger partial charge in [0.05, 0.1) is 11.3 Å². The summed E-state index contributed by atoms with van der Waals surface area (Å²) in [7, 11) is 0. The van der Waals surface area contributed by atoms with Crippen molar-refractivity contribution in [3.05, 3.63) is 48.3 Å². The molecule has 2 aromatic rings. The average Bonchev–Trinajstić information content (AvgIpc) is 2.38. The van der Waals surface area contributed by atoms with E-state index in [1.165, 1.54) is 18.5 Å². The Kier molecular flexibility index (Phi) is 3.60. The van der Waals surface area contributed by atoms with Gasteiger partial charge in [-0.3, -0.25) is 4.98 Å². The van der Waals surface area contributed by atoms with Crippen molar-refractivity contribution in [3.8, 4) is 11.1 Å². The number of alkyl halides is 3. The van der Waals surface area contributed by atoms with Gasteiger partial charge in [-0.2, -0.15) is 13.2 Å². The van der Waals surface area contributed by atoms with E-state index < -0.39 is 17.8 Å². The molecule has 0 aliphatic carbocycles. The van der Waals surface area contributed by atoms with Crippen molar-refractivity contribution in [1.82, 2.24) is 4.98 Å².